The molecule has 2 atom stereocenters. The Morgan fingerprint density at radius 3 is 2.67 bits per heavy atom. The minimum absolute atomic E-state index is 0.168. The van der Waals surface area contributed by atoms with Gasteiger partial charge in [0.1, 0.15) is 23.2 Å². The van der Waals surface area contributed by atoms with Crippen molar-refractivity contribution in [2.24, 2.45) is 0 Å². The molecule has 1 aromatic rings. The van der Waals surface area contributed by atoms with Crippen LogP contribution >= 0.6 is 0 Å². The van der Waals surface area contributed by atoms with Gasteiger partial charge in [-0.1, -0.05) is 0 Å². The fraction of sp³-hybridized carbons (Fsp3) is 0.611. The van der Waals surface area contributed by atoms with Gasteiger partial charge in [0.25, 0.3) is 0 Å². The number of hydrogen-bond acceptors (Lipinski definition) is 4. The Balaban J connectivity index is 2.02. The average molecular weight is 391 g/mol. The molecular formula is C18H21F4NO4. The number of aliphatic hydroxyl groups excluding tert-OH is 1. The maximum Gasteiger partial charge on any atom is 0.461 e. The van der Waals surface area contributed by atoms with Crippen LogP contribution in [0.5, 0.6) is 11.5 Å². The van der Waals surface area contributed by atoms with E-state index in [0.717, 1.165) is 25.0 Å². The summed E-state index contributed by atoms with van der Waals surface area (Å²) in [4.78, 5) is 13.9. The van der Waals surface area contributed by atoms with Gasteiger partial charge in [0, 0.05) is 18.5 Å². The van der Waals surface area contributed by atoms with Gasteiger partial charge in [-0.25, -0.2) is 0 Å². The molecule has 150 valence electrons. The van der Waals surface area contributed by atoms with Crippen molar-refractivity contribution in [2.45, 2.75) is 63.4 Å². The van der Waals surface area contributed by atoms with Crippen molar-refractivity contribution < 1.29 is 36.9 Å². The Labute approximate surface area is 153 Å². The van der Waals surface area contributed by atoms with Gasteiger partial charge < -0.3 is 19.5 Å². The van der Waals surface area contributed by atoms with Crippen LogP contribution in [0.15, 0.2) is 18.2 Å². The second-order valence-electron chi connectivity index (χ2n) is 7.30. The highest BCUT2D eigenvalue weighted by Gasteiger charge is 2.48. The summed E-state index contributed by atoms with van der Waals surface area (Å²) < 4.78 is 61.3. The zero-order valence-corrected chi connectivity index (χ0v) is 14.9. The number of amides is 1. The SMILES string of the molecule is CC1(C)Oc2ccc(OC(F)(F)C(F)F)cc2[C@@H](N2CCCCC2=O)[C@@H]1O. The van der Waals surface area contributed by atoms with Crippen LogP contribution in [-0.2, 0) is 4.79 Å². The molecule has 2 aliphatic heterocycles. The van der Waals surface area contributed by atoms with E-state index in [9.17, 15) is 27.5 Å². The number of alkyl halides is 4. The van der Waals surface area contributed by atoms with E-state index in [1.165, 1.54) is 11.0 Å². The van der Waals surface area contributed by atoms with Crippen LogP contribution in [0.25, 0.3) is 0 Å². The van der Waals surface area contributed by atoms with E-state index >= 15 is 0 Å². The summed E-state index contributed by atoms with van der Waals surface area (Å²) in [5.74, 6) is -0.386. The highest BCUT2D eigenvalue weighted by Crippen LogP contribution is 2.45. The maximum atomic E-state index is 13.3. The van der Waals surface area contributed by atoms with Crippen LogP contribution in [-0.4, -0.2) is 46.7 Å². The Hall–Kier alpha value is -2.03. The average Bonchev–Trinajstić information content (AvgIpc) is 2.57. The van der Waals surface area contributed by atoms with E-state index in [2.05, 4.69) is 4.74 Å². The molecule has 1 aromatic carbocycles. The number of likely N-dealkylation sites (tertiary alicyclic amines) is 1. The van der Waals surface area contributed by atoms with E-state index in [0.29, 0.717) is 13.0 Å². The van der Waals surface area contributed by atoms with E-state index in [1.807, 2.05) is 0 Å². The molecule has 3 rings (SSSR count). The Morgan fingerprint density at radius 1 is 1.33 bits per heavy atom. The summed E-state index contributed by atoms with van der Waals surface area (Å²) in [6, 6.07) is 2.69. The van der Waals surface area contributed by atoms with Gasteiger partial charge in [0.05, 0.1) is 6.04 Å². The summed E-state index contributed by atoms with van der Waals surface area (Å²) in [6.07, 6.45) is -8.00. The molecule has 1 N–H and O–H groups in total. The Bertz CT molecular complexity index is 725. The third kappa shape index (κ3) is 3.69. The number of nitrogens with zero attached hydrogens (tertiary/aromatic N) is 1. The summed E-state index contributed by atoms with van der Waals surface area (Å²) in [5, 5.41) is 10.8. The number of carbonyl (C=O) groups is 1. The van der Waals surface area contributed by atoms with Crippen molar-refractivity contribution in [1.82, 2.24) is 4.90 Å². The second kappa shape index (κ2) is 6.85. The lowest BCUT2D eigenvalue weighted by Crippen LogP contribution is -2.55. The van der Waals surface area contributed by atoms with Gasteiger partial charge in [-0.2, -0.15) is 17.6 Å². The van der Waals surface area contributed by atoms with Crippen molar-refractivity contribution in [1.29, 1.82) is 0 Å². The lowest BCUT2D eigenvalue weighted by molar-refractivity contribution is -0.253. The van der Waals surface area contributed by atoms with Gasteiger partial charge >= 0.3 is 12.5 Å². The number of rotatable bonds is 4. The summed E-state index contributed by atoms with van der Waals surface area (Å²) in [5.41, 5.74) is -0.787. The van der Waals surface area contributed by atoms with E-state index < -0.39 is 36.0 Å². The zero-order valence-electron chi connectivity index (χ0n) is 14.9. The number of piperidine rings is 1. The van der Waals surface area contributed by atoms with E-state index in [-0.39, 0.29) is 17.2 Å². The smallest absolute Gasteiger partial charge is 0.461 e. The number of aliphatic hydroxyl groups is 1. The maximum absolute atomic E-state index is 13.3. The predicted octanol–water partition coefficient (Wildman–Crippen LogP) is 3.51. The van der Waals surface area contributed by atoms with Crippen LogP contribution in [0.4, 0.5) is 17.6 Å². The molecule has 1 saturated heterocycles. The first kappa shape index (κ1) is 19.7. The number of carbonyl (C=O) groups excluding carboxylic acids is 1. The van der Waals surface area contributed by atoms with Crippen molar-refractivity contribution in [3.8, 4) is 11.5 Å². The van der Waals surface area contributed by atoms with Crippen molar-refractivity contribution in [3.63, 3.8) is 0 Å². The van der Waals surface area contributed by atoms with Crippen molar-refractivity contribution in [2.75, 3.05) is 6.54 Å². The van der Waals surface area contributed by atoms with E-state index in [1.54, 1.807) is 13.8 Å². The first-order chi connectivity index (χ1) is 12.5. The first-order valence-electron chi connectivity index (χ1n) is 8.68. The first-order valence-corrected chi connectivity index (χ1v) is 8.68. The molecule has 2 aliphatic rings. The summed E-state index contributed by atoms with van der Waals surface area (Å²) in [6.45, 7) is 3.70. The summed E-state index contributed by atoms with van der Waals surface area (Å²) >= 11 is 0. The molecular weight excluding hydrogens is 370 g/mol. The highest BCUT2D eigenvalue weighted by molar-refractivity contribution is 5.77. The molecule has 0 unspecified atom stereocenters. The standard InChI is InChI=1S/C18H21F4NO4/c1-17(2)15(25)14(23-8-4-3-5-13(23)24)11-9-10(6-7-12(11)27-17)26-18(21,22)16(19)20/h6-7,9,14-16,25H,3-5,8H2,1-2H3/t14-,15+/m1/s1. The van der Waals surface area contributed by atoms with Crippen LogP contribution < -0.4 is 9.47 Å². The van der Waals surface area contributed by atoms with Gasteiger partial charge in [0.15, 0.2) is 0 Å². The topological polar surface area (TPSA) is 59.0 Å². The third-order valence-electron chi connectivity index (χ3n) is 4.89. The monoisotopic (exact) mass is 391 g/mol. The molecule has 1 fully saturated rings. The molecule has 0 radical (unpaired) electrons. The summed E-state index contributed by atoms with van der Waals surface area (Å²) in [7, 11) is 0. The van der Waals surface area contributed by atoms with Gasteiger partial charge in [-0.3, -0.25) is 4.79 Å². The molecule has 0 saturated carbocycles. The van der Waals surface area contributed by atoms with Crippen LogP contribution in [0, 0.1) is 0 Å². The Kier molecular flexibility index (Phi) is 5.00. The second-order valence-corrected chi connectivity index (χ2v) is 7.30. The molecule has 1 amide bonds. The molecule has 0 bridgehead atoms. The van der Waals surface area contributed by atoms with Crippen LogP contribution in [0.1, 0.15) is 44.7 Å². The molecule has 5 nitrogen and oxygen atoms in total. The lowest BCUT2D eigenvalue weighted by atomic mass is 9.84. The van der Waals surface area contributed by atoms with Crippen LogP contribution in [0.3, 0.4) is 0 Å². The minimum Gasteiger partial charge on any atom is -0.485 e. The normalized spacial score (nSPS) is 25.2. The number of halogens is 4. The molecule has 27 heavy (non-hydrogen) atoms. The lowest BCUT2D eigenvalue weighted by Gasteiger charge is -2.47. The molecule has 0 spiro atoms. The zero-order chi connectivity index (χ0) is 20.0. The third-order valence-corrected chi connectivity index (χ3v) is 4.89. The fourth-order valence-electron chi connectivity index (χ4n) is 3.47. The number of fused-ring (bicyclic) bond motifs is 1. The molecule has 2 heterocycles. The molecule has 0 aliphatic carbocycles. The number of benzene rings is 1. The van der Waals surface area contributed by atoms with Crippen LogP contribution in [0.2, 0.25) is 0 Å². The largest absolute Gasteiger partial charge is 0.485 e. The fourth-order valence-corrected chi connectivity index (χ4v) is 3.47. The quantitative estimate of drug-likeness (QED) is 0.798. The van der Waals surface area contributed by atoms with Crippen molar-refractivity contribution >= 4 is 5.91 Å². The van der Waals surface area contributed by atoms with E-state index in [4.69, 9.17) is 4.74 Å². The number of ether oxygens (including phenoxy) is 2. The molecule has 9 heteroatoms. The van der Waals surface area contributed by atoms with Gasteiger partial charge in [-0.15, -0.1) is 0 Å². The minimum atomic E-state index is -4.65. The number of hydrogen-bond donors (Lipinski definition) is 1. The predicted molar refractivity (Wildman–Crippen MR) is 87.0 cm³/mol. The van der Waals surface area contributed by atoms with Crippen molar-refractivity contribution in [3.05, 3.63) is 23.8 Å². The Morgan fingerprint density at radius 2 is 2.04 bits per heavy atom. The highest BCUT2D eigenvalue weighted by atomic mass is 19.3. The molecule has 0 aromatic heterocycles. The van der Waals surface area contributed by atoms with Gasteiger partial charge in [0.2, 0.25) is 5.91 Å². The van der Waals surface area contributed by atoms with Gasteiger partial charge in [-0.05, 0) is 44.9 Å².